The first-order chi connectivity index (χ1) is 18.2. The van der Waals surface area contributed by atoms with Crippen molar-refractivity contribution in [2.24, 2.45) is 9.36 Å². The van der Waals surface area contributed by atoms with Gasteiger partial charge in [0.05, 0.1) is 13.8 Å². The van der Waals surface area contributed by atoms with Crippen molar-refractivity contribution < 1.29 is 26.6 Å². The first kappa shape index (κ1) is 31.2. The van der Waals surface area contributed by atoms with Gasteiger partial charge in [0.15, 0.2) is 0 Å². The van der Waals surface area contributed by atoms with Gasteiger partial charge in [-0.05, 0) is 46.2 Å². The topological polar surface area (TPSA) is 87.0 Å². The predicted octanol–water partition coefficient (Wildman–Crippen LogP) is 5.59. The number of rotatable bonds is 7. The molecule has 0 spiro atoms. The van der Waals surface area contributed by atoms with Crippen LogP contribution in [-0.4, -0.2) is 59.0 Å². The summed E-state index contributed by atoms with van der Waals surface area (Å²) in [7, 11) is -5.01. The van der Waals surface area contributed by atoms with Gasteiger partial charge in [-0.3, -0.25) is 10.1 Å². The third kappa shape index (κ3) is 6.37. The lowest BCUT2D eigenvalue weighted by Crippen LogP contribution is -2.57. The number of hydrogen-bond donors (Lipinski definition) is 1. The van der Waals surface area contributed by atoms with Crippen LogP contribution in [0.3, 0.4) is 0 Å². The molecule has 0 saturated carbocycles. The summed E-state index contributed by atoms with van der Waals surface area (Å²) >= 11 is 3.37. The number of carbonyl (C=O) groups excluding carboxylic acids is 1. The molecule has 14 heteroatoms. The standard InChI is InChI=1S/C25H32BrF4N5O2SSi/c1-6-39(7-2,8-3)18-14-19(26)32-21(20(18)27)24(4)16-38(37,31-5)35(15-25(28,29)30)23(34-24)33-22(36)17-12-10-9-11-13-17/h9-14H,6-8,15-16H2,1-5H3,(H,33,34,36)/t24?,38-/m1/s1. The molecule has 0 saturated heterocycles. The Morgan fingerprint density at radius 3 is 2.31 bits per heavy atom. The van der Waals surface area contributed by atoms with Gasteiger partial charge in [0.2, 0.25) is 5.96 Å². The minimum absolute atomic E-state index is 0.151. The Labute approximate surface area is 236 Å². The Hall–Kier alpha value is -2.32. The molecule has 1 amide bonds. The third-order valence-corrected chi connectivity index (χ3v) is 15.8. The molecule has 3 rings (SSSR count). The van der Waals surface area contributed by atoms with E-state index in [1.807, 2.05) is 20.8 Å². The molecule has 0 bridgehead atoms. The van der Waals surface area contributed by atoms with Gasteiger partial charge in [-0.25, -0.2) is 27.2 Å². The highest BCUT2D eigenvalue weighted by molar-refractivity contribution is 9.10. The number of nitrogens with one attached hydrogen (secondary N) is 1. The molecule has 0 radical (unpaired) electrons. The average molecular weight is 651 g/mol. The largest absolute Gasteiger partial charge is 0.407 e. The monoisotopic (exact) mass is 649 g/mol. The van der Waals surface area contributed by atoms with Gasteiger partial charge in [-0.1, -0.05) is 57.1 Å². The van der Waals surface area contributed by atoms with Crippen molar-refractivity contribution in [3.8, 4) is 0 Å². The zero-order chi connectivity index (χ0) is 29.2. The number of guanidine groups is 1. The molecular weight excluding hydrogens is 618 g/mol. The number of nitrogens with zero attached hydrogens (tertiary/aromatic N) is 4. The van der Waals surface area contributed by atoms with Crippen LogP contribution >= 0.6 is 15.9 Å². The first-order valence-electron chi connectivity index (χ1n) is 12.5. The second-order valence-electron chi connectivity index (χ2n) is 9.61. The lowest BCUT2D eigenvalue weighted by molar-refractivity contribution is -0.131. The fourth-order valence-corrected chi connectivity index (χ4v) is 11.3. The Morgan fingerprint density at radius 2 is 1.79 bits per heavy atom. The number of hydrogen-bond acceptors (Lipinski definition) is 5. The third-order valence-electron chi connectivity index (χ3n) is 7.31. The van der Waals surface area contributed by atoms with E-state index in [1.54, 1.807) is 24.3 Å². The van der Waals surface area contributed by atoms with Gasteiger partial charge in [-0.15, -0.1) is 0 Å². The molecule has 1 aromatic carbocycles. The quantitative estimate of drug-likeness (QED) is 0.241. The van der Waals surface area contributed by atoms with Gasteiger partial charge in [0.25, 0.3) is 5.91 Å². The molecular formula is C25H32BrF4N5O2SSi. The van der Waals surface area contributed by atoms with Crippen molar-refractivity contribution in [1.29, 1.82) is 0 Å². The second kappa shape index (κ2) is 11.7. The van der Waals surface area contributed by atoms with Crippen molar-refractivity contribution in [3.63, 3.8) is 0 Å². The number of halogens is 5. The maximum absolute atomic E-state index is 16.4. The molecule has 214 valence electrons. The van der Waals surface area contributed by atoms with Crippen LogP contribution in [-0.2, 0) is 15.5 Å². The Morgan fingerprint density at radius 1 is 1.21 bits per heavy atom. The highest BCUT2D eigenvalue weighted by Gasteiger charge is 2.48. The molecule has 2 heterocycles. The van der Waals surface area contributed by atoms with Gasteiger partial charge in [0.1, 0.15) is 38.1 Å². The molecule has 1 aliphatic heterocycles. The average Bonchev–Trinajstić information content (AvgIpc) is 2.89. The molecule has 0 aliphatic carbocycles. The summed E-state index contributed by atoms with van der Waals surface area (Å²) in [6.45, 7) is 5.82. The summed E-state index contributed by atoms with van der Waals surface area (Å²) in [5, 5.41) is 2.90. The molecule has 1 N–H and O–H groups in total. The lowest BCUT2D eigenvalue weighted by atomic mass is 10.00. The van der Waals surface area contributed by atoms with Gasteiger partial charge in [0, 0.05) is 12.6 Å². The minimum atomic E-state index is -4.79. The summed E-state index contributed by atoms with van der Waals surface area (Å²) in [5.74, 6) is -2.55. The van der Waals surface area contributed by atoms with Crippen LogP contribution in [0.4, 0.5) is 17.6 Å². The fraction of sp³-hybridized carbons (Fsp3) is 0.480. The van der Waals surface area contributed by atoms with Gasteiger partial charge < -0.3 is 0 Å². The van der Waals surface area contributed by atoms with Crippen LogP contribution in [0.25, 0.3) is 0 Å². The van der Waals surface area contributed by atoms with E-state index in [0.29, 0.717) is 14.1 Å². The lowest BCUT2D eigenvalue weighted by Gasteiger charge is -2.40. The smallest absolute Gasteiger partial charge is 0.292 e. The normalized spacial score (nSPS) is 21.9. The van der Waals surface area contributed by atoms with E-state index in [4.69, 9.17) is 0 Å². The van der Waals surface area contributed by atoms with E-state index in [2.05, 4.69) is 35.6 Å². The highest BCUT2D eigenvalue weighted by Crippen LogP contribution is 2.36. The number of aliphatic imine (C=N–C) groups is 1. The molecule has 7 nitrogen and oxygen atoms in total. The van der Waals surface area contributed by atoms with Crippen molar-refractivity contribution in [3.05, 3.63) is 58.1 Å². The van der Waals surface area contributed by atoms with E-state index in [1.165, 1.54) is 19.1 Å². The van der Waals surface area contributed by atoms with Gasteiger partial charge in [-0.2, -0.15) is 13.2 Å². The van der Waals surface area contributed by atoms with Crippen LogP contribution < -0.4 is 10.5 Å². The Balaban J connectivity index is 2.29. The molecule has 1 aliphatic rings. The van der Waals surface area contributed by atoms with Crippen molar-refractivity contribution in [2.75, 3.05) is 19.3 Å². The maximum atomic E-state index is 16.4. The fourth-order valence-electron chi connectivity index (χ4n) is 4.94. The second-order valence-corrected chi connectivity index (χ2v) is 18.0. The SMILES string of the molecule is CC[Si](CC)(CC)c1cc(Br)nc(C2(C)C[S@@](=O)(=NC)N(CC(F)(F)F)C(NC(=O)c3ccccc3)=N2)c1F. The zero-order valence-corrected chi connectivity index (χ0v) is 25.8. The first-order valence-corrected chi connectivity index (χ1v) is 17.5. The number of alkyl halides is 3. The molecule has 1 aromatic heterocycles. The number of pyridine rings is 1. The molecule has 2 atom stereocenters. The predicted molar refractivity (Wildman–Crippen MR) is 152 cm³/mol. The Kier molecular flexibility index (Phi) is 9.32. The van der Waals surface area contributed by atoms with Crippen molar-refractivity contribution in [2.45, 2.75) is 57.5 Å². The van der Waals surface area contributed by atoms with Gasteiger partial charge >= 0.3 is 6.18 Å². The summed E-state index contributed by atoms with van der Waals surface area (Å²) in [6, 6.07) is 11.8. The molecule has 2 aromatic rings. The van der Waals surface area contributed by atoms with E-state index in [-0.39, 0.29) is 11.3 Å². The van der Waals surface area contributed by atoms with Crippen molar-refractivity contribution in [1.82, 2.24) is 14.6 Å². The van der Waals surface area contributed by atoms with E-state index in [0.717, 1.165) is 25.2 Å². The van der Waals surface area contributed by atoms with Crippen LogP contribution in [0, 0.1) is 5.82 Å². The number of amides is 1. The van der Waals surface area contributed by atoms with Crippen LogP contribution in [0.1, 0.15) is 43.7 Å². The number of benzene rings is 1. The minimum Gasteiger partial charge on any atom is -0.292 e. The summed E-state index contributed by atoms with van der Waals surface area (Å²) in [6.07, 6.45) is -4.79. The molecule has 39 heavy (non-hydrogen) atoms. The zero-order valence-electron chi connectivity index (χ0n) is 22.4. The number of aromatic nitrogens is 1. The summed E-state index contributed by atoms with van der Waals surface area (Å²) in [4.78, 5) is 21.8. The molecule has 1 unspecified atom stereocenters. The van der Waals surface area contributed by atoms with Crippen LogP contribution in [0.15, 0.2) is 50.4 Å². The van der Waals surface area contributed by atoms with Crippen molar-refractivity contribution >= 4 is 51.0 Å². The summed E-state index contributed by atoms with van der Waals surface area (Å²) < 4.78 is 76.0. The van der Waals surface area contributed by atoms with Crippen LogP contribution in [0.2, 0.25) is 18.1 Å². The highest BCUT2D eigenvalue weighted by atomic mass is 79.9. The Bertz CT molecular complexity index is 1370. The number of carbonyl (C=O) groups is 1. The molecule has 0 fully saturated rings. The van der Waals surface area contributed by atoms with E-state index in [9.17, 15) is 22.2 Å². The maximum Gasteiger partial charge on any atom is 0.407 e. The van der Waals surface area contributed by atoms with Crippen LogP contribution in [0.5, 0.6) is 0 Å². The van der Waals surface area contributed by atoms with E-state index >= 15 is 4.39 Å². The van der Waals surface area contributed by atoms with E-state index < -0.39 is 59.7 Å². The summed E-state index contributed by atoms with van der Waals surface area (Å²) in [5.41, 5.74) is -1.71.